The minimum absolute atomic E-state index is 0.0596. The molecule has 0 aliphatic carbocycles. The fraction of sp³-hybridized carbons (Fsp3) is 0.310. The highest BCUT2D eigenvalue weighted by Gasteiger charge is 2.22. The Hall–Kier alpha value is -3.85. The average molecular weight is 538 g/mol. The number of sulfonamides is 1. The van der Waals surface area contributed by atoms with Crippen LogP contribution in [0.15, 0.2) is 83.8 Å². The van der Waals surface area contributed by atoms with Crippen LogP contribution in [0, 0.1) is 0 Å². The van der Waals surface area contributed by atoms with Gasteiger partial charge in [0.05, 0.1) is 5.69 Å². The van der Waals surface area contributed by atoms with E-state index in [1.165, 1.54) is 24.6 Å². The molecule has 202 valence electrons. The first-order valence-corrected chi connectivity index (χ1v) is 14.3. The van der Waals surface area contributed by atoms with E-state index in [0.29, 0.717) is 24.5 Å². The third kappa shape index (κ3) is 9.23. The summed E-state index contributed by atoms with van der Waals surface area (Å²) in [4.78, 5) is 25.0. The van der Waals surface area contributed by atoms with Crippen molar-refractivity contribution >= 4 is 27.6 Å². The van der Waals surface area contributed by atoms with Crippen molar-refractivity contribution in [3.8, 4) is 5.75 Å². The van der Waals surface area contributed by atoms with E-state index in [-0.39, 0.29) is 10.6 Å². The van der Waals surface area contributed by atoms with Crippen LogP contribution in [0.3, 0.4) is 0 Å². The fourth-order valence-corrected chi connectivity index (χ4v) is 4.88. The molecule has 3 aromatic rings. The van der Waals surface area contributed by atoms with Crippen molar-refractivity contribution in [2.24, 2.45) is 0 Å². The first-order chi connectivity index (χ1) is 18.4. The molecule has 0 unspecified atom stereocenters. The standard InChI is InChI=1S/C29H35N3O5S/c1-2-3-4-5-6-12-20-30-29(34)32-38(35,36)27-19-11-10-18-26(27)31-28(33)24-16-13-17-25(21-24)37-22-23-14-8-7-9-15-23/h7-11,13-19,21H,2-6,12,20,22H2,1H3,(H,31,33)(H2,30,32,34). The van der Waals surface area contributed by atoms with Crippen LogP contribution in [0.5, 0.6) is 5.75 Å². The molecule has 0 atom stereocenters. The smallest absolute Gasteiger partial charge is 0.328 e. The Morgan fingerprint density at radius 1 is 0.816 bits per heavy atom. The number of unbranched alkanes of at least 4 members (excludes halogenated alkanes) is 5. The van der Waals surface area contributed by atoms with E-state index in [0.717, 1.165) is 37.7 Å². The molecule has 9 heteroatoms. The van der Waals surface area contributed by atoms with E-state index in [4.69, 9.17) is 4.74 Å². The molecule has 0 radical (unpaired) electrons. The fourth-order valence-electron chi connectivity index (χ4n) is 3.79. The van der Waals surface area contributed by atoms with Gasteiger partial charge in [-0.15, -0.1) is 0 Å². The number of nitrogens with one attached hydrogen (secondary N) is 3. The zero-order valence-corrected chi connectivity index (χ0v) is 22.4. The molecule has 0 spiro atoms. The van der Waals surface area contributed by atoms with Crippen LogP contribution >= 0.6 is 0 Å². The Bertz CT molecular complexity index is 1300. The topological polar surface area (TPSA) is 114 Å². The van der Waals surface area contributed by atoms with E-state index < -0.39 is 22.0 Å². The van der Waals surface area contributed by atoms with E-state index in [9.17, 15) is 18.0 Å². The van der Waals surface area contributed by atoms with Gasteiger partial charge in [-0.1, -0.05) is 87.6 Å². The van der Waals surface area contributed by atoms with Gasteiger partial charge in [-0.05, 0) is 42.3 Å². The summed E-state index contributed by atoms with van der Waals surface area (Å²) in [5.41, 5.74) is 1.35. The van der Waals surface area contributed by atoms with Gasteiger partial charge < -0.3 is 15.4 Å². The van der Waals surface area contributed by atoms with Crippen molar-refractivity contribution < 1.29 is 22.7 Å². The van der Waals surface area contributed by atoms with Gasteiger partial charge in [-0.3, -0.25) is 4.79 Å². The molecule has 0 saturated heterocycles. The van der Waals surface area contributed by atoms with Crippen LogP contribution in [0.25, 0.3) is 0 Å². The van der Waals surface area contributed by atoms with Gasteiger partial charge in [-0.2, -0.15) is 0 Å². The van der Waals surface area contributed by atoms with Gasteiger partial charge in [0.25, 0.3) is 15.9 Å². The van der Waals surface area contributed by atoms with Crippen molar-refractivity contribution in [1.82, 2.24) is 10.0 Å². The summed E-state index contributed by atoms with van der Waals surface area (Å²) in [5, 5.41) is 5.22. The van der Waals surface area contributed by atoms with Crippen LogP contribution in [-0.4, -0.2) is 26.9 Å². The quantitative estimate of drug-likeness (QED) is 0.223. The lowest BCUT2D eigenvalue weighted by Gasteiger charge is -2.13. The number of anilines is 1. The Labute approximate surface area is 224 Å². The summed E-state index contributed by atoms with van der Waals surface area (Å²) in [6.45, 7) is 2.88. The third-order valence-corrected chi connectivity index (χ3v) is 7.20. The Morgan fingerprint density at radius 2 is 1.53 bits per heavy atom. The van der Waals surface area contributed by atoms with Crippen LogP contribution in [0.2, 0.25) is 0 Å². The molecular weight excluding hydrogens is 502 g/mol. The maximum absolute atomic E-state index is 12.9. The monoisotopic (exact) mass is 537 g/mol. The molecule has 3 N–H and O–H groups in total. The maximum Gasteiger partial charge on any atom is 0.328 e. The van der Waals surface area contributed by atoms with Crippen LogP contribution in [0.1, 0.15) is 61.4 Å². The highest BCUT2D eigenvalue weighted by atomic mass is 32.2. The molecule has 38 heavy (non-hydrogen) atoms. The van der Waals surface area contributed by atoms with Crippen LogP contribution in [0.4, 0.5) is 10.5 Å². The van der Waals surface area contributed by atoms with Crippen molar-refractivity contribution in [3.05, 3.63) is 90.0 Å². The number of rotatable bonds is 14. The zero-order chi connectivity index (χ0) is 27.2. The molecule has 0 saturated carbocycles. The number of hydrogen-bond acceptors (Lipinski definition) is 5. The van der Waals surface area contributed by atoms with Crippen molar-refractivity contribution in [3.63, 3.8) is 0 Å². The molecule has 0 aromatic heterocycles. The third-order valence-electron chi connectivity index (χ3n) is 5.81. The molecule has 8 nitrogen and oxygen atoms in total. The number of carbonyl (C=O) groups is 2. The maximum atomic E-state index is 12.9. The van der Waals surface area contributed by atoms with Crippen molar-refractivity contribution in [2.75, 3.05) is 11.9 Å². The molecule has 0 fully saturated rings. The summed E-state index contributed by atoms with van der Waals surface area (Å²) in [5.74, 6) is -0.00329. The second kappa shape index (κ2) is 14.8. The lowest BCUT2D eigenvalue weighted by Crippen LogP contribution is -2.40. The van der Waals surface area contributed by atoms with E-state index in [1.807, 2.05) is 35.1 Å². The number of para-hydroxylation sites is 1. The Kier molecular flexibility index (Phi) is 11.2. The predicted octanol–water partition coefficient (Wildman–Crippen LogP) is 5.87. The molecule has 0 bridgehead atoms. The van der Waals surface area contributed by atoms with Gasteiger partial charge in [0.2, 0.25) is 0 Å². The summed E-state index contributed by atoms with van der Waals surface area (Å²) >= 11 is 0. The Balaban J connectivity index is 1.58. The number of hydrogen-bond donors (Lipinski definition) is 3. The molecule has 0 aliphatic heterocycles. The number of amides is 3. The molecule has 3 aromatic carbocycles. The average Bonchev–Trinajstić information content (AvgIpc) is 2.92. The number of carbonyl (C=O) groups excluding carboxylic acids is 2. The zero-order valence-electron chi connectivity index (χ0n) is 21.6. The van der Waals surface area contributed by atoms with Gasteiger partial charge >= 0.3 is 6.03 Å². The SMILES string of the molecule is CCCCCCCCNC(=O)NS(=O)(=O)c1ccccc1NC(=O)c1cccc(OCc2ccccc2)c1. The minimum Gasteiger partial charge on any atom is -0.489 e. The first-order valence-electron chi connectivity index (χ1n) is 12.9. The Morgan fingerprint density at radius 3 is 2.32 bits per heavy atom. The van der Waals surface area contributed by atoms with Crippen molar-refractivity contribution in [2.45, 2.75) is 57.0 Å². The molecule has 3 rings (SSSR count). The summed E-state index contributed by atoms with van der Waals surface area (Å²) in [6, 6.07) is 21.4. The first kappa shape index (κ1) is 28.7. The minimum atomic E-state index is -4.22. The van der Waals surface area contributed by atoms with Gasteiger partial charge in [0.15, 0.2) is 0 Å². The highest BCUT2D eigenvalue weighted by molar-refractivity contribution is 7.90. The van der Waals surface area contributed by atoms with E-state index in [2.05, 4.69) is 17.6 Å². The van der Waals surface area contributed by atoms with Crippen LogP contribution in [-0.2, 0) is 16.6 Å². The number of benzene rings is 3. The van der Waals surface area contributed by atoms with Crippen molar-refractivity contribution in [1.29, 1.82) is 0 Å². The van der Waals surface area contributed by atoms with Gasteiger partial charge in [0, 0.05) is 12.1 Å². The predicted molar refractivity (Wildman–Crippen MR) is 149 cm³/mol. The second-order valence-electron chi connectivity index (χ2n) is 8.88. The summed E-state index contributed by atoms with van der Waals surface area (Å²) in [6.07, 6.45) is 6.35. The number of urea groups is 1. The van der Waals surface area contributed by atoms with Crippen LogP contribution < -0.4 is 20.1 Å². The molecule has 3 amide bonds. The lowest BCUT2D eigenvalue weighted by atomic mass is 10.1. The molecular formula is C29H35N3O5S. The number of ether oxygens (including phenoxy) is 1. The molecule has 0 aliphatic rings. The van der Waals surface area contributed by atoms with E-state index in [1.54, 1.807) is 30.3 Å². The normalized spacial score (nSPS) is 11.0. The second-order valence-corrected chi connectivity index (χ2v) is 10.5. The summed E-state index contributed by atoms with van der Waals surface area (Å²) < 4.78 is 33.7. The summed E-state index contributed by atoms with van der Waals surface area (Å²) in [7, 11) is -4.22. The van der Waals surface area contributed by atoms with E-state index >= 15 is 0 Å². The van der Waals surface area contributed by atoms with Gasteiger partial charge in [-0.25, -0.2) is 17.9 Å². The van der Waals surface area contributed by atoms with Gasteiger partial charge in [0.1, 0.15) is 17.3 Å². The molecule has 0 heterocycles. The lowest BCUT2D eigenvalue weighted by molar-refractivity contribution is 0.102. The largest absolute Gasteiger partial charge is 0.489 e. The highest BCUT2D eigenvalue weighted by Crippen LogP contribution is 2.22.